The van der Waals surface area contributed by atoms with Gasteiger partial charge in [0.2, 0.25) is 0 Å². The molecule has 0 spiro atoms. The number of methoxy groups -OCH3 is 1. The normalized spacial score (nSPS) is 10.4. The number of rotatable bonds is 4. The van der Waals surface area contributed by atoms with Crippen LogP contribution in [0.3, 0.4) is 0 Å². The first-order valence-electron chi connectivity index (χ1n) is 4.34. The summed E-state index contributed by atoms with van der Waals surface area (Å²) in [7, 11) is 6.42. The Morgan fingerprint density at radius 1 is 1.18 bits per heavy atom. The molecule has 0 radical (unpaired) electrons. The van der Waals surface area contributed by atoms with Crippen molar-refractivity contribution in [1.29, 1.82) is 0 Å². The minimum atomic E-state index is -3.72. The first-order chi connectivity index (χ1) is 7.83. The third kappa shape index (κ3) is 13.4. The smallest absolute Gasteiger partial charge is 0.317 e. The van der Waals surface area contributed by atoms with E-state index >= 15 is 0 Å². The Morgan fingerprint density at radius 3 is 2.06 bits per heavy atom. The Kier molecular flexibility index (Phi) is 8.24. The van der Waals surface area contributed by atoms with E-state index in [0.29, 0.717) is 19.0 Å². The van der Waals surface area contributed by atoms with E-state index in [1.165, 1.54) is 12.1 Å². The van der Waals surface area contributed by atoms with E-state index < -0.39 is 8.26 Å². The molecule has 8 heteroatoms. The first-order valence-corrected chi connectivity index (χ1v) is 7.48. The summed E-state index contributed by atoms with van der Waals surface area (Å²) in [5, 5.41) is 0. The van der Waals surface area contributed by atoms with Crippen LogP contribution in [0.2, 0.25) is 0 Å². The van der Waals surface area contributed by atoms with Gasteiger partial charge in [-0.3, -0.25) is 0 Å². The van der Waals surface area contributed by atoms with E-state index in [0.717, 1.165) is 0 Å². The minimum Gasteiger partial charge on any atom is -0.491 e. The molecule has 0 atom stereocenters. The van der Waals surface area contributed by atoms with Gasteiger partial charge in [0, 0.05) is 28.5 Å². The highest BCUT2D eigenvalue weighted by Crippen LogP contribution is 2.10. The van der Waals surface area contributed by atoms with Crippen molar-refractivity contribution in [2.24, 2.45) is 0 Å². The van der Waals surface area contributed by atoms with Crippen molar-refractivity contribution in [3.05, 3.63) is 30.1 Å². The van der Waals surface area contributed by atoms with Crippen molar-refractivity contribution in [2.75, 3.05) is 20.3 Å². The molecule has 0 aromatic heterocycles. The first kappa shape index (κ1) is 16.4. The lowest BCUT2D eigenvalue weighted by atomic mass is 10.3. The number of hydrogen-bond acceptors (Lipinski definition) is 4. The van der Waals surface area contributed by atoms with Crippen LogP contribution in [0.15, 0.2) is 24.3 Å². The monoisotopic (exact) mass is 304 g/mol. The maximum atomic E-state index is 12.4. The Hall–Kier alpha value is -0.560. The van der Waals surface area contributed by atoms with Crippen molar-refractivity contribution in [3.63, 3.8) is 0 Å². The van der Waals surface area contributed by atoms with Crippen molar-refractivity contribution >= 4 is 29.6 Å². The standard InChI is InChI=1S/C9H11FO2.Cl2O2S/c1-11-6-7-12-9-4-2-8(10)3-5-9;1-5(2,3)4/h2-5H,6-7H2,1H3;. The van der Waals surface area contributed by atoms with Gasteiger partial charge in [0.15, 0.2) is 0 Å². The predicted octanol–water partition coefficient (Wildman–Crippen LogP) is 2.56. The third-order valence-corrected chi connectivity index (χ3v) is 1.37. The van der Waals surface area contributed by atoms with Gasteiger partial charge in [0.25, 0.3) is 0 Å². The van der Waals surface area contributed by atoms with Gasteiger partial charge in [-0.15, -0.1) is 0 Å². The van der Waals surface area contributed by atoms with Crippen LogP contribution >= 0.6 is 21.4 Å². The molecular weight excluding hydrogens is 294 g/mol. The zero-order valence-electron chi connectivity index (χ0n) is 8.90. The second-order valence-corrected chi connectivity index (χ2v) is 6.34. The van der Waals surface area contributed by atoms with Gasteiger partial charge in [0.05, 0.1) is 6.61 Å². The molecule has 0 bridgehead atoms. The fraction of sp³-hybridized carbons (Fsp3) is 0.333. The van der Waals surface area contributed by atoms with E-state index in [-0.39, 0.29) is 5.82 Å². The Bertz CT molecular complexity index is 400. The molecular formula is C9H11Cl2FO4S. The molecule has 0 aliphatic rings. The SMILES string of the molecule is COCCOc1ccc(F)cc1.O=S(=O)(Cl)Cl. The van der Waals surface area contributed by atoms with E-state index in [9.17, 15) is 4.39 Å². The Labute approximate surface area is 108 Å². The van der Waals surface area contributed by atoms with Crippen LogP contribution in [0.25, 0.3) is 0 Å². The highest BCUT2D eigenvalue weighted by atomic mass is 36.0. The van der Waals surface area contributed by atoms with Crippen LogP contribution in [0.1, 0.15) is 0 Å². The molecule has 1 aromatic carbocycles. The van der Waals surface area contributed by atoms with Crippen LogP contribution in [-0.2, 0) is 13.0 Å². The highest BCUT2D eigenvalue weighted by molar-refractivity contribution is 8.31. The summed E-state index contributed by atoms with van der Waals surface area (Å²) in [4.78, 5) is 0. The average molecular weight is 305 g/mol. The molecule has 4 nitrogen and oxygen atoms in total. The van der Waals surface area contributed by atoms with Gasteiger partial charge >= 0.3 is 8.26 Å². The molecule has 0 aliphatic carbocycles. The molecule has 0 fully saturated rings. The van der Waals surface area contributed by atoms with Crippen molar-refractivity contribution < 1.29 is 22.3 Å². The summed E-state index contributed by atoms with van der Waals surface area (Å²) < 4.78 is 40.7. The van der Waals surface area contributed by atoms with Crippen molar-refractivity contribution in [3.8, 4) is 5.75 Å². The average Bonchev–Trinajstić information content (AvgIpc) is 2.19. The predicted molar refractivity (Wildman–Crippen MR) is 64.4 cm³/mol. The third-order valence-electron chi connectivity index (χ3n) is 1.37. The van der Waals surface area contributed by atoms with Crippen LogP contribution < -0.4 is 4.74 Å². The van der Waals surface area contributed by atoms with Gasteiger partial charge < -0.3 is 9.47 Å². The quantitative estimate of drug-likeness (QED) is 0.634. The fourth-order valence-electron chi connectivity index (χ4n) is 0.774. The van der Waals surface area contributed by atoms with Crippen LogP contribution in [0.5, 0.6) is 5.75 Å². The molecule has 0 saturated heterocycles. The molecule has 0 heterocycles. The van der Waals surface area contributed by atoms with Crippen LogP contribution in [0, 0.1) is 5.82 Å². The molecule has 0 aliphatic heterocycles. The molecule has 1 aromatic rings. The second-order valence-electron chi connectivity index (χ2n) is 2.67. The number of halogens is 3. The Morgan fingerprint density at radius 2 is 1.65 bits per heavy atom. The maximum Gasteiger partial charge on any atom is 0.317 e. The summed E-state index contributed by atoms with van der Waals surface area (Å²) in [5.74, 6) is 0.405. The summed E-state index contributed by atoms with van der Waals surface area (Å²) in [6, 6.07) is 5.90. The van der Waals surface area contributed by atoms with Gasteiger partial charge in [-0.05, 0) is 24.3 Å². The summed E-state index contributed by atoms with van der Waals surface area (Å²) in [6.45, 7) is 1.03. The lowest BCUT2D eigenvalue weighted by molar-refractivity contribution is 0.146. The van der Waals surface area contributed by atoms with E-state index in [1.54, 1.807) is 19.2 Å². The minimum absolute atomic E-state index is 0.255. The van der Waals surface area contributed by atoms with Crippen molar-refractivity contribution in [1.82, 2.24) is 0 Å². The van der Waals surface area contributed by atoms with Crippen LogP contribution in [0.4, 0.5) is 4.39 Å². The second kappa shape index (κ2) is 8.52. The summed E-state index contributed by atoms with van der Waals surface area (Å²) >= 11 is 0. The molecule has 0 unspecified atom stereocenters. The molecule has 1 rings (SSSR count). The van der Waals surface area contributed by atoms with E-state index in [1.807, 2.05) is 0 Å². The lowest BCUT2D eigenvalue weighted by Crippen LogP contribution is -2.03. The summed E-state index contributed by atoms with van der Waals surface area (Å²) in [6.07, 6.45) is 0. The number of ether oxygens (including phenoxy) is 2. The van der Waals surface area contributed by atoms with E-state index in [4.69, 9.17) is 17.9 Å². The van der Waals surface area contributed by atoms with Crippen molar-refractivity contribution in [2.45, 2.75) is 0 Å². The fourth-order valence-corrected chi connectivity index (χ4v) is 0.774. The van der Waals surface area contributed by atoms with Crippen LogP contribution in [-0.4, -0.2) is 28.7 Å². The largest absolute Gasteiger partial charge is 0.491 e. The topological polar surface area (TPSA) is 52.6 Å². The van der Waals surface area contributed by atoms with Gasteiger partial charge in [-0.1, -0.05) is 0 Å². The number of benzene rings is 1. The Balaban J connectivity index is 0.000000437. The molecule has 0 saturated carbocycles. The van der Waals surface area contributed by atoms with Gasteiger partial charge in [0.1, 0.15) is 18.2 Å². The molecule has 98 valence electrons. The van der Waals surface area contributed by atoms with Gasteiger partial charge in [-0.25, -0.2) is 4.39 Å². The zero-order valence-corrected chi connectivity index (χ0v) is 11.2. The van der Waals surface area contributed by atoms with Gasteiger partial charge in [-0.2, -0.15) is 8.42 Å². The summed E-state index contributed by atoms with van der Waals surface area (Å²) in [5.41, 5.74) is 0. The molecule has 17 heavy (non-hydrogen) atoms. The highest BCUT2D eigenvalue weighted by Gasteiger charge is 1.92. The molecule has 0 N–H and O–H groups in total. The van der Waals surface area contributed by atoms with E-state index in [2.05, 4.69) is 21.4 Å². The lowest BCUT2D eigenvalue weighted by Gasteiger charge is -2.03. The number of hydrogen-bond donors (Lipinski definition) is 0. The maximum absolute atomic E-state index is 12.4. The molecule has 0 amide bonds. The zero-order chi connectivity index (χ0) is 13.3.